The number of hydrogen-bond donors (Lipinski definition) is 0. The third kappa shape index (κ3) is 5.71. The molecule has 3 aromatic rings. The molecule has 3 rings (SSSR count). The van der Waals surface area contributed by atoms with E-state index in [1.165, 1.54) is 24.3 Å². The molecular weight excluding hydrogens is 440 g/mol. The molecule has 0 aliphatic carbocycles. The molecule has 7 heteroatoms. The van der Waals surface area contributed by atoms with Crippen molar-refractivity contribution in [2.75, 3.05) is 6.61 Å². The number of nitriles is 2. The van der Waals surface area contributed by atoms with Gasteiger partial charge >= 0.3 is 0 Å². The lowest BCUT2D eigenvalue weighted by atomic mass is 10.0. The molecule has 0 bridgehead atoms. The third-order valence-electron chi connectivity index (χ3n) is 4.70. The lowest BCUT2D eigenvalue weighted by Crippen LogP contribution is -2.21. The van der Waals surface area contributed by atoms with Crippen molar-refractivity contribution in [3.8, 4) is 23.6 Å². The van der Waals surface area contributed by atoms with E-state index in [1.807, 2.05) is 13.0 Å². The molecule has 6 nitrogen and oxygen atoms in total. The smallest absolute Gasteiger partial charge is 0.180 e. The number of carboxylic acid groups (broad SMARTS) is 1. The predicted molar refractivity (Wildman–Crippen MR) is 122 cm³/mol. The van der Waals surface area contributed by atoms with Gasteiger partial charge < -0.3 is 19.4 Å². The lowest BCUT2D eigenvalue weighted by Gasteiger charge is -2.15. The molecule has 0 radical (unpaired) electrons. The molecule has 0 saturated heterocycles. The van der Waals surface area contributed by atoms with Gasteiger partial charge in [0.2, 0.25) is 0 Å². The Balaban J connectivity index is 1.93. The van der Waals surface area contributed by atoms with E-state index in [-0.39, 0.29) is 17.2 Å². The van der Waals surface area contributed by atoms with E-state index in [1.54, 1.807) is 36.4 Å². The van der Waals surface area contributed by atoms with Crippen molar-refractivity contribution in [1.29, 1.82) is 10.5 Å². The number of benzene rings is 3. The molecule has 0 N–H and O–H groups in total. The van der Waals surface area contributed by atoms with Crippen molar-refractivity contribution in [3.05, 3.63) is 93.5 Å². The van der Waals surface area contributed by atoms with Gasteiger partial charge in [0, 0.05) is 5.56 Å². The van der Waals surface area contributed by atoms with Crippen LogP contribution >= 0.6 is 11.6 Å². The van der Waals surface area contributed by atoms with E-state index < -0.39 is 5.97 Å². The summed E-state index contributed by atoms with van der Waals surface area (Å²) in [6, 6.07) is 20.5. The number of aromatic carboxylic acids is 1. The van der Waals surface area contributed by atoms with E-state index in [9.17, 15) is 20.4 Å². The zero-order chi connectivity index (χ0) is 23.8. The number of rotatable bonds is 8. The summed E-state index contributed by atoms with van der Waals surface area (Å²) in [5.74, 6) is -0.555. The fourth-order valence-electron chi connectivity index (χ4n) is 3.11. The molecular formula is C26H18ClN2O4-. The van der Waals surface area contributed by atoms with E-state index >= 15 is 0 Å². The first-order chi connectivity index (χ1) is 16.0. The Hall–Kier alpha value is -4.26. The second-order valence-corrected chi connectivity index (χ2v) is 7.26. The van der Waals surface area contributed by atoms with Gasteiger partial charge in [0.15, 0.2) is 11.5 Å². The minimum absolute atomic E-state index is 0.0252. The second-order valence-electron chi connectivity index (χ2n) is 6.86. The Morgan fingerprint density at radius 3 is 2.39 bits per heavy atom. The van der Waals surface area contributed by atoms with Crippen molar-refractivity contribution in [3.63, 3.8) is 0 Å². The van der Waals surface area contributed by atoms with Crippen LogP contribution in [0, 0.1) is 22.7 Å². The van der Waals surface area contributed by atoms with Gasteiger partial charge in [-0.3, -0.25) is 0 Å². The lowest BCUT2D eigenvalue weighted by molar-refractivity contribution is -0.255. The highest BCUT2D eigenvalue weighted by Gasteiger charge is 2.14. The summed E-state index contributed by atoms with van der Waals surface area (Å²) in [6.45, 7) is 2.32. The average molecular weight is 458 g/mol. The fraction of sp³-hybridized carbons (Fsp3) is 0.115. The highest BCUT2D eigenvalue weighted by molar-refractivity contribution is 6.32. The number of carboxylic acids is 1. The molecule has 164 valence electrons. The van der Waals surface area contributed by atoms with Crippen LogP contribution in [-0.4, -0.2) is 12.6 Å². The number of nitrogens with zero attached hydrogens (tertiary/aromatic N) is 2. The van der Waals surface area contributed by atoms with E-state index in [0.29, 0.717) is 45.9 Å². The number of ether oxygens (including phenoxy) is 2. The van der Waals surface area contributed by atoms with Crippen LogP contribution in [0.4, 0.5) is 0 Å². The van der Waals surface area contributed by atoms with Crippen LogP contribution in [0.15, 0.2) is 60.7 Å². The van der Waals surface area contributed by atoms with Crippen molar-refractivity contribution < 1.29 is 19.4 Å². The van der Waals surface area contributed by atoms with Gasteiger partial charge in [-0.2, -0.15) is 10.5 Å². The summed E-state index contributed by atoms with van der Waals surface area (Å²) in [5, 5.41) is 30.1. The Kier molecular flexibility index (Phi) is 7.70. The normalized spacial score (nSPS) is 10.7. The number of carbonyl (C=O) groups excluding carboxylic acids is 1. The van der Waals surface area contributed by atoms with Crippen molar-refractivity contribution >= 4 is 29.2 Å². The number of allylic oxidation sites excluding steroid dienone is 1. The van der Waals surface area contributed by atoms with Crippen LogP contribution in [-0.2, 0) is 6.61 Å². The number of halogens is 1. The Bertz CT molecular complexity index is 1290. The van der Waals surface area contributed by atoms with Gasteiger partial charge in [0.05, 0.1) is 40.9 Å². The van der Waals surface area contributed by atoms with Gasteiger partial charge in [-0.1, -0.05) is 54.1 Å². The first kappa shape index (κ1) is 23.4. The highest BCUT2D eigenvalue weighted by atomic mass is 35.5. The average Bonchev–Trinajstić information content (AvgIpc) is 2.82. The summed E-state index contributed by atoms with van der Waals surface area (Å²) in [7, 11) is 0. The standard InChI is InChI=1S/C26H19ClN2O4/c1-2-32-24-13-17(11-22(15-29)18-7-9-19(10-8-18)26(30)31)12-23(27)25(24)33-16-21-6-4-3-5-20(21)14-28/h3-13H,2,16H2,1H3,(H,30,31)/p-1/b22-11-. The third-order valence-corrected chi connectivity index (χ3v) is 4.99. The topological polar surface area (TPSA) is 106 Å². The number of carbonyl (C=O) groups is 1. The van der Waals surface area contributed by atoms with Crippen LogP contribution in [0.5, 0.6) is 11.5 Å². The van der Waals surface area contributed by atoms with Gasteiger partial charge in [-0.25, -0.2) is 0 Å². The van der Waals surface area contributed by atoms with Crippen molar-refractivity contribution in [1.82, 2.24) is 0 Å². The summed E-state index contributed by atoms with van der Waals surface area (Å²) in [6.07, 6.45) is 1.62. The van der Waals surface area contributed by atoms with Gasteiger partial charge in [-0.05, 0) is 47.9 Å². The van der Waals surface area contributed by atoms with E-state index in [2.05, 4.69) is 12.1 Å². The molecule has 33 heavy (non-hydrogen) atoms. The zero-order valence-corrected chi connectivity index (χ0v) is 18.4. The number of hydrogen-bond acceptors (Lipinski definition) is 6. The molecule has 3 aromatic carbocycles. The molecule has 0 aliphatic heterocycles. The molecule has 0 saturated carbocycles. The van der Waals surface area contributed by atoms with E-state index in [4.69, 9.17) is 21.1 Å². The molecule has 0 aromatic heterocycles. The molecule has 0 heterocycles. The summed E-state index contributed by atoms with van der Waals surface area (Å²) in [5.41, 5.74) is 2.72. The molecule has 0 spiro atoms. The highest BCUT2D eigenvalue weighted by Crippen LogP contribution is 2.38. The van der Waals surface area contributed by atoms with Crippen molar-refractivity contribution in [2.24, 2.45) is 0 Å². The Morgan fingerprint density at radius 2 is 1.76 bits per heavy atom. The molecule has 0 fully saturated rings. The van der Waals surface area contributed by atoms with Gasteiger partial charge in [-0.15, -0.1) is 0 Å². The summed E-state index contributed by atoms with van der Waals surface area (Å²) < 4.78 is 11.6. The van der Waals surface area contributed by atoms with Crippen LogP contribution in [0.2, 0.25) is 5.02 Å². The van der Waals surface area contributed by atoms with Crippen LogP contribution < -0.4 is 14.6 Å². The predicted octanol–water partition coefficient (Wildman–Crippen LogP) is 4.62. The molecule has 0 amide bonds. The second kappa shape index (κ2) is 10.9. The SMILES string of the molecule is CCOc1cc(/C=C(/C#N)c2ccc(C(=O)[O-])cc2)cc(Cl)c1OCc1ccccc1C#N. The monoisotopic (exact) mass is 457 g/mol. The molecule has 0 aliphatic rings. The zero-order valence-electron chi connectivity index (χ0n) is 17.7. The minimum Gasteiger partial charge on any atom is -0.545 e. The van der Waals surface area contributed by atoms with E-state index in [0.717, 1.165) is 0 Å². The fourth-order valence-corrected chi connectivity index (χ4v) is 3.39. The van der Waals surface area contributed by atoms with Gasteiger partial charge in [0.1, 0.15) is 6.61 Å². The minimum atomic E-state index is -1.29. The maximum atomic E-state index is 10.9. The summed E-state index contributed by atoms with van der Waals surface area (Å²) in [4.78, 5) is 10.9. The summed E-state index contributed by atoms with van der Waals surface area (Å²) >= 11 is 6.48. The largest absolute Gasteiger partial charge is 0.545 e. The first-order valence-corrected chi connectivity index (χ1v) is 10.3. The van der Waals surface area contributed by atoms with Crippen LogP contribution in [0.25, 0.3) is 11.6 Å². The van der Waals surface area contributed by atoms with Crippen LogP contribution in [0.1, 0.15) is 39.5 Å². The Labute approximate surface area is 196 Å². The quantitative estimate of drug-likeness (QED) is 0.361. The van der Waals surface area contributed by atoms with Crippen molar-refractivity contribution in [2.45, 2.75) is 13.5 Å². The van der Waals surface area contributed by atoms with Crippen LogP contribution in [0.3, 0.4) is 0 Å². The maximum Gasteiger partial charge on any atom is 0.180 e. The molecule has 0 unspecified atom stereocenters. The maximum absolute atomic E-state index is 10.9. The molecule has 0 atom stereocenters. The first-order valence-electron chi connectivity index (χ1n) is 9.97. The Morgan fingerprint density at radius 1 is 1.06 bits per heavy atom. The van der Waals surface area contributed by atoms with Gasteiger partial charge in [0.25, 0.3) is 0 Å².